The van der Waals surface area contributed by atoms with Crippen LogP contribution in [0.25, 0.3) is 10.7 Å². The van der Waals surface area contributed by atoms with Gasteiger partial charge in [0.25, 0.3) is 0 Å². The number of aliphatic imine (C=N–C) groups is 1. The summed E-state index contributed by atoms with van der Waals surface area (Å²) < 4.78 is 31.7. The molecule has 0 amide bonds. The third-order valence-electron chi connectivity index (χ3n) is 3.55. The number of carbonyl (C=O) groups is 1. The lowest BCUT2D eigenvalue weighted by molar-refractivity contribution is -0.192. The van der Waals surface area contributed by atoms with E-state index in [4.69, 9.17) is 15.6 Å². The van der Waals surface area contributed by atoms with Crippen molar-refractivity contribution in [2.24, 2.45) is 4.99 Å². The number of nitrogen functional groups attached to an aromatic ring is 1. The van der Waals surface area contributed by atoms with Crippen LogP contribution < -0.4 is 11.1 Å². The Labute approximate surface area is 166 Å². The van der Waals surface area contributed by atoms with E-state index in [2.05, 4.69) is 37.6 Å². The average molecular weight is 422 g/mol. The Morgan fingerprint density at radius 1 is 1.21 bits per heavy atom. The van der Waals surface area contributed by atoms with Gasteiger partial charge in [0.15, 0.2) is 5.01 Å². The molecule has 0 bridgehead atoms. The summed E-state index contributed by atoms with van der Waals surface area (Å²) in [5.74, 6) is -2.28. The normalized spacial score (nSPS) is 12.1. The number of carboxylic acid groups (broad SMARTS) is 1. The van der Waals surface area contributed by atoms with Crippen LogP contribution in [0.5, 0.6) is 0 Å². The van der Waals surface area contributed by atoms with Crippen LogP contribution in [0.4, 0.5) is 29.8 Å². The fourth-order valence-corrected chi connectivity index (χ4v) is 2.98. The number of alkyl halides is 3. The van der Waals surface area contributed by atoms with Crippen LogP contribution in [0.3, 0.4) is 0 Å². The SMILES string of the molecule is Nc1cccc(-c2nnc(Nc3ccc4c(c3)C=NC4)s2)n1.O=C(O)C(F)(F)F. The Balaban J connectivity index is 0.000000298. The molecule has 8 nitrogen and oxygen atoms in total. The minimum absolute atomic E-state index is 0.472. The molecule has 0 saturated heterocycles. The molecule has 3 aromatic rings. The number of anilines is 3. The second-order valence-corrected chi connectivity index (χ2v) is 6.65. The molecule has 4 rings (SSSR count). The molecule has 12 heteroatoms. The highest BCUT2D eigenvalue weighted by Gasteiger charge is 2.38. The maximum absolute atomic E-state index is 10.6. The quantitative estimate of drug-likeness (QED) is 0.590. The molecular weight excluding hydrogens is 409 g/mol. The molecule has 2 aromatic heterocycles. The number of halogens is 3. The van der Waals surface area contributed by atoms with Crippen molar-refractivity contribution in [3.8, 4) is 10.7 Å². The van der Waals surface area contributed by atoms with Gasteiger partial charge in [0.1, 0.15) is 11.5 Å². The second-order valence-electron chi connectivity index (χ2n) is 5.67. The molecule has 29 heavy (non-hydrogen) atoms. The summed E-state index contributed by atoms with van der Waals surface area (Å²) in [5.41, 5.74) is 9.78. The highest BCUT2D eigenvalue weighted by atomic mass is 32.1. The Morgan fingerprint density at radius 2 is 1.97 bits per heavy atom. The van der Waals surface area contributed by atoms with Crippen LogP contribution in [0.1, 0.15) is 11.1 Å². The molecule has 4 N–H and O–H groups in total. The lowest BCUT2D eigenvalue weighted by Crippen LogP contribution is -2.21. The molecule has 3 heterocycles. The van der Waals surface area contributed by atoms with Crippen LogP contribution in [0.15, 0.2) is 41.4 Å². The summed E-state index contributed by atoms with van der Waals surface area (Å²) in [6.45, 7) is 0.764. The first-order chi connectivity index (χ1) is 13.7. The fourth-order valence-electron chi connectivity index (χ4n) is 2.25. The molecule has 0 atom stereocenters. The fraction of sp³-hybridized carbons (Fsp3) is 0.118. The summed E-state index contributed by atoms with van der Waals surface area (Å²) >= 11 is 1.44. The zero-order valence-corrected chi connectivity index (χ0v) is 15.3. The van der Waals surface area contributed by atoms with Crippen molar-refractivity contribution >= 4 is 40.2 Å². The zero-order chi connectivity index (χ0) is 21.0. The van der Waals surface area contributed by atoms with E-state index in [1.165, 1.54) is 16.9 Å². The van der Waals surface area contributed by atoms with Crippen molar-refractivity contribution < 1.29 is 23.1 Å². The van der Waals surface area contributed by atoms with Gasteiger partial charge in [0.05, 0.1) is 6.54 Å². The molecule has 0 unspecified atom stereocenters. The number of aliphatic carboxylic acids is 1. The zero-order valence-electron chi connectivity index (χ0n) is 14.5. The number of fused-ring (bicyclic) bond motifs is 1. The molecule has 0 saturated carbocycles. The first-order valence-corrected chi connectivity index (χ1v) is 8.80. The van der Waals surface area contributed by atoms with E-state index in [-0.39, 0.29) is 0 Å². The highest BCUT2D eigenvalue weighted by molar-refractivity contribution is 7.18. The summed E-state index contributed by atoms with van der Waals surface area (Å²) in [5, 5.41) is 20.2. The molecule has 0 spiro atoms. The largest absolute Gasteiger partial charge is 0.490 e. The predicted octanol–water partition coefficient (Wildman–Crippen LogP) is 3.49. The van der Waals surface area contributed by atoms with Crippen molar-refractivity contribution in [2.45, 2.75) is 12.7 Å². The van der Waals surface area contributed by atoms with Gasteiger partial charge in [-0.05, 0) is 35.4 Å². The van der Waals surface area contributed by atoms with Gasteiger partial charge in [-0.1, -0.05) is 23.5 Å². The van der Waals surface area contributed by atoms with E-state index in [0.717, 1.165) is 28.5 Å². The minimum atomic E-state index is -5.08. The molecule has 0 aliphatic carbocycles. The summed E-state index contributed by atoms with van der Waals surface area (Å²) in [4.78, 5) is 17.4. The number of nitrogens with two attached hydrogens (primary N) is 1. The van der Waals surface area contributed by atoms with Crippen LogP contribution in [0, 0.1) is 0 Å². The first-order valence-electron chi connectivity index (χ1n) is 7.98. The van der Waals surface area contributed by atoms with E-state index in [1.54, 1.807) is 6.07 Å². The lowest BCUT2D eigenvalue weighted by atomic mass is 10.1. The second kappa shape index (κ2) is 8.22. The van der Waals surface area contributed by atoms with Gasteiger partial charge in [-0.15, -0.1) is 10.2 Å². The third kappa shape index (κ3) is 5.25. The molecule has 0 fully saturated rings. The molecular formula is C17H13F3N6O2S. The standard InChI is InChI=1S/C15H12N6S.C2HF3O2/c16-13-3-1-2-12(19-13)14-20-21-15(22-14)18-11-5-4-9-7-17-8-10(9)6-11;3-2(4,5)1(6)7/h1-6,8H,7H2,(H2,16,19)(H,18,21);(H,6,7). The highest BCUT2D eigenvalue weighted by Crippen LogP contribution is 2.28. The maximum atomic E-state index is 10.6. The smallest absolute Gasteiger partial charge is 0.475 e. The van der Waals surface area contributed by atoms with E-state index < -0.39 is 12.1 Å². The summed E-state index contributed by atoms with van der Waals surface area (Å²) in [6, 6.07) is 11.6. The van der Waals surface area contributed by atoms with E-state index in [1.807, 2.05) is 24.4 Å². The number of rotatable bonds is 3. The van der Waals surface area contributed by atoms with Crippen LogP contribution >= 0.6 is 11.3 Å². The van der Waals surface area contributed by atoms with Gasteiger partial charge in [-0.25, -0.2) is 9.78 Å². The number of carboxylic acids is 1. The molecule has 1 aromatic carbocycles. The van der Waals surface area contributed by atoms with Gasteiger partial charge in [0, 0.05) is 11.9 Å². The Bertz CT molecular complexity index is 1070. The van der Waals surface area contributed by atoms with Gasteiger partial charge >= 0.3 is 12.1 Å². The van der Waals surface area contributed by atoms with E-state index >= 15 is 0 Å². The summed E-state index contributed by atoms with van der Waals surface area (Å²) in [7, 11) is 0. The number of nitrogens with zero attached hydrogens (tertiary/aromatic N) is 4. The van der Waals surface area contributed by atoms with Crippen molar-refractivity contribution in [3.05, 3.63) is 47.5 Å². The Kier molecular flexibility index (Phi) is 5.73. The van der Waals surface area contributed by atoms with E-state index in [0.29, 0.717) is 10.9 Å². The number of hydrogen-bond acceptors (Lipinski definition) is 8. The first kappa shape index (κ1) is 20.2. The molecule has 0 radical (unpaired) electrons. The van der Waals surface area contributed by atoms with Crippen molar-refractivity contribution in [1.82, 2.24) is 15.2 Å². The number of nitrogens with one attached hydrogen (secondary N) is 1. The third-order valence-corrected chi connectivity index (χ3v) is 4.41. The topological polar surface area (TPSA) is 126 Å². The van der Waals surface area contributed by atoms with Crippen LogP contribution in [-0.2, 0) is 11.3 Å². The van der Waals surface area contributed by atoms with Gasteiger partial charge < -0.3 is 16.2 Å². The predicted molar refractivity (Wildman–Crippen MR) is 102 cm³/mol. The Morgan fingerprint density at radius 3 is 2.66 bits per heavy atom. The van der Waals surface area contributed by atoms with Crippen LogP contribution in [-0.4, -0.2) is 38.6 Å². The van der Waals surface area contributed by atoms with Gasteiger partial charge in [-0.2, -0.15) is 13.2 Å². The summed E-state index contributed by atoms with van der Waals surface area (Å²) in [6.07, 6.45) is -3.19. The molecule has 150 valence electrons. The number of hydrogen-bond donors (Lipinski definition) is 3. The van der Waals surface area contributed by atoms with Crippen LogP contribution in [0.2, 0.25) is 0 Å². The number of benzene rings is 1. The van der Waals surface area contributed by atoms with Gasteiger partial charge in [0.2, 0.25) is 5.13 Å². The maximum Gasteiger partial charge on any atom is 0.490 e. The molecule has 1 aliphatic heterocycles. The minimum Gasteiger partial charge on any atom is -0.475 e. The Hall–Kier alpha value is -3.54. The average Bonchev–Trinajstić information content (AvgIpc) is 3.30. The number of aromatic nitrogens is 3. The van der Waals surface area contributed by atoms with E-state index in [9.17, 15) is 13.2 Å². The van der Waals surface area contributed by atoms with Gasteiger partial charge in [-0.3, -0.25) is 4.99 Å². The monoisotopic (exact) mass is 422 g/mol. The van der Waals surface area contributed by atoms with Crippen molar-refractivity contribution in [3.63, 3.8) is 0 Å². The lowest BCUT2D eigenvalue weighted by Gasteiger charge is -2.03. The number of pyridine rings is 1. The van der Waals surface area contributed by atoms with Crippen molar-refractivity contribution in [2.75, 3.05) is 11.1 Å². The van der Waals surface area contributed by atoms with Crippen molar-refractivity contribution in [1.29, 1.82) is 0 Å². The molecule has 1 aliphatic rings.